The second kappa shape index (κ2) is 7.47. The molecule has 1 amide bonds. The monoisotopic (exact) mass is 298 g/mol. The van der Waals surface area contributed by atoms with Crippen molar-refractivity contribution in [2.75, 3.05) is 17.6 Å². The van der Waals surface area contributed by atoms with Crippen LogP contribution < -0.4 is 16.4 Å². The summed E-state index contributed by atoms with van der Waals surface area (Å²) in [5.41, 5.74) is 5.71. The van der Waals surface area contributed by atoms with Gasteiger partial charge in [0.05, 0.1) is 0 Å². The van der Waals surface area contributed by atoms with Crippen molar-refractivity contribution in [3.05, 3.63) is 4.88 Å². The zero-order valence-electron chi connectivity index (χ0n) is 12.9. The molecule has 0 fully saturated rings. The van der Waals surface area contributed by atoms with Crippen LogP contribution in [-0.2, 0) is 0 Å². The molecule has 0 radical (unpaired) electrons. The maximum absolute atomic E-state index is 12.4. The van der Waals surface area contributed by atoms with Gasteiger partial charge < -0.3 is 16.4 Å². The maximum Gasteiger partial charge on any atom is 0.265 e. The highest BCUT2D eigenvalue weighted by atomic mass is 32.1. The van der Waals surface area contributed by atoms with Crippen LogP contribution in [0.5, 0.6) is 0 Å². The molecular weight excluding hydrogens is 272 g/mol. The molecular formula is C14H26N4OS. The smallest absolute Gasteiger partial charge is 0.265 e. The lowest BCUT2D eigenvalue weighted by molar-refractivity contribution is 0.0893. The van der Waals surface area contributed by atoms with Crippen molar-refractivity contribution in [2.24, 2.45) is 0 Å². The number of hydrogen-bond donors (Lipinski definition) is 3. The van der Waals surface area contributed by atoms with E-state index >= 15 is 0 Å². The lowest BCUT2D eigenvalue weighted by Crippen LogP contribution is -2.47. The summed E-state index contributed by atoms with van der Waals surface area (Å²) in [6.45, 7) is 9.19. The molecule has 0 unspecified atom stereocenters. The van der Waals surface area contributed by atoms with Crippen molar-refractivity contribution in [2.45, 2.75) is 58.9 Å². The topological polar surface area (TPSA) is 80.0 Å². The van der Waals surface area contributed by atoms with Crippen LogP contribution in [0.4, 0.5) is 10.9 Å². The molecule has 1 aromatic heterocycles. The summed E-state index contributed by atoms with van der Waals surface area (Å²) in [5.74, 6) is 0.193. The molecule has 1 rings (SSSR count). The van der Waals surface area contributed by atoms with E-state index in [2.05, 4.69) is 43.3 Å². The van der Waals surface area contributed by atoms with Crippen molar-refractivity contribution < 1.29 is 4.79 Å². The van der Waals surface area contributed by atoms with Gasteiger partial charge in [-0.3, -0.25) is 4.79 Å². The summed E-state index contributed by atoms with van der Waals surface area (Å²) in [6, 6.07) is 0. The van der Waals surface area contributed by atoms with Crippen LogP contribution >= 0.6 is 11.3 Å². The van der Waals surface area contributed by atoms with Crippen LogP contribution in [0.15, 0.2) is 0 Å². The summed E-state index contributed by atoms with van der Waals surface area (Å²) >= 11 is 1.32. The highest BCUT2D eigenvalue weighted by Crippen LogP contribution is 2.27. The van der Waals surface area contributed by atoms with Crippen LogP contribution in [0.25, 0.3) is 0 Å². The van der Waals surface area contributed by atoms with Crippen LogP contribution in [0.1, 0.15) is 63.0 Å². The Morgan fingerprint density at radius 1 is 1.25 bits per heavy atom. The van der Waals surface area contributed by atoms with Gasteiger partial charge in [-0.05, 0) is 25.7 Å². The third-order valence-electron chi connectivity index (χ3n) is 3.79. The van der Waals surface area contributed by atoms with Crippen LogP contribution in [0, 0.1) is 0 Å². The number of nitrogen functional groups attached to an aromatic ring is 1. The molecule has 0 spiro atoms. The molecule has 0 bridgehead atoms. The fraction of sp³-hybridized carbons (Fsp3) is 0.714. The van der Waals surface area contributed by atoms with Crippen molar-refractivity contribution in [1.29, 1.82) is 0 Å². The van der Waals surface area contributed by atoms with Gasteiger partial charge in [-0.2, -0.15) is 0 Å². The highest BCUT2D eigenvalue weighted by Gasteiger charge is 2.28. The van der Waals surface area contributed by atoms with Gasteiger partial charge >= 0.3 is 0 Å². The second-order valence-electron chi connectivity index (χ2n) is 4.96. The van der Waals surface area contributed by atoms with Crippen LogP contribution in [0.3, 0.4) is 0 Å². The van der Waals surface area contributed by atoms with E-state index in [4.69, 9.17) is 5.73 Å². The molecule has 20 heavy (non-hydrogen) atoms. The van der Waals surface area contributed by atoms with Crippen LogP contribution in [0.2, 0.25) is 0 Å². The standard InChI is InChI=1S/C14H26N4OS/c1-5-9-16-13-17-11(15)10(20-13)12(19)18-14(6-2,7-3)8-4/h5-9,15H2,1-4H3,(H,16,17)(H,18,19). The Morgan fingerprint density at radius 3 is 2.35 bits per heavy atom. The SMILES string of the molecule is CCCNc1nc(N)c(C(=O)NC(CC)(CC)CC)s1. The predicted molar refractivity (Wildman–Crippen MR) is 86.4 cm³/mol. The summed E-state index contributed by atoms with van der Waals surface area (Å²) in [7, 11) is 0. The normalized spacial score (nSPS) is 11.4. The number of rotatable bonds is 8. The minimum Gasteiger partial charge on any atom is -0.382 e. The minimum absolute atomic E-state index is 0.116. The molecule has 114 valence electrons. The summed E-state index contributed by atoms with van der Waals surface area (Å²) < 4.78 is 0. The molecule has 6 heteroatoms. The third kappa shape index (κ3) is 3.85. The van der Waals surface area contributed by atoms with Gasteiger partial charge in [0, 0.05) is 12.1 Å². The van der Waals surface area contributed by atoms with Gasteiger partial charge in [0.25, 0.3) is 5.91 Å². The van der Waals surface area contributed by atoms with Gasteiger partial charge in [0.1, 0.15) is 10.7 Å². The number of nitrogens with zero attached hydrogens (tertiary/aromatic N) is 1. The number of nitrogens with one attached hydrogen (secondary N) is 2. The van der Waals surface area contributed by atoms with Gasteiger partial charge in [-0.15, -0.1) is 0 Å². The van der Waals surface area contributed by atoms with E-state index in [0.29, 0.717) is 15.8 Å². The number of carbonyl (C=O) groups excluding carboxylic acids is 1. The molecule has 5 nitrogen and oxygen atoms in total. The molecule has 0 saturated heterocycles. The first-order chi connectivity index (χ1) is 9.51. The number of carbonyl (C=O) groups is 1. The highest BCUT2D eigenvalue weighted by molar-refractivity contribution is 7.18. The quantitative estimate of drug-likeness (QED) is 0.688. The molecule has 4 N–H and O–H groups in total. The van der Waals surface area contributed by atoms with E-state index in [9.17, 15) is 4.79 Å². The predicted octanol–water partition coefficient (Wildman–Crippen LogP) is 3.25. The number of thiazole rings is 1. The summed E-state index contributed by atoms with van der Waals surface area (Å²) in [4.78, 5) is 17.1. The Morgan fingerprint density at radius 2 is 1.85 bits per heavy atom. The molecule has 0 atom stereocenters. The van der Waals surface area contributed by atoms with Crippen molar-refractivity contribution in [1.82, 2.24) is 10.3 Å². The molecule has 0 aliphatic rings. The average molecular weight is 298 g/mol. The Bertz CT molecular complexity index is 432. The summed E-state index contributed by atoms with van der Waals surface area (Å²) in [5, 5.41) is 7.01. The number of amides is 1. The van der Waals surface area contributed by atoms with Crippen molar-refractivity contribution >= 4 is 28.2 Å². The fourth-order valence-electron chi connectivity index (χ4n) is 2.11. The summed E-state index contributed by atoms with van der Waals surface area (Å²) in [6.07, 6.45) is 3.73. The van der Waals surface area contributed by atoms with Gasteiger partial charge in [0.15, 0.2) is 5.13 Å². The lowest BCUT2D eigenvalue weighted by atomic mass is 9.90. The Kier molecular flexibility index (Phi) is 6.26. The average Bonchev–Trinajstić information content (AvgIpc) is 2.83. The lowest BCUT2D eigenvalue weighted by Gasteiger charge is -2.31. The van der Waals surface area contributed by atoms with Crippen molar-refractivity contribution in [3.63, 3.8) is 0 Å². The molecule has 0 aliphatic heterocycles. The fourth-order valence-corrected chi connectivity index (χ4v) is 2.92. The molecule has 1 aromatic rings. The zero-order chi connectivity index (χ0) is 15.2. The van der Waals surface area contributed by atoms with E-state index < -0.39 is 0 Å². The van der Waals surface area contributed by atoms with E-state index in [-0.39, 0.29) is 11.4 Å². The number of anilines is 2. The number of nitrogens with two attached hydrogens (primary N) is 1. The molecule has 1 heterocycles. The number of hydrogen-bond acceptors (Lipinski definition) is 5. The van der Waals surface area contributed by atoms with E-state index in [1.54, 1.807) is 0 Å². The Hall–Kier alpha value is -1.30. The van der Waals surface area contributed by atoms with E-state index in [1.807, 2.05) is 0 Å². The van der Waals surface area contributed by atoms with Gasteiger partial charge in [-0.25, -0.2) is 4.98 Å². The first-order valence-corrected chi connectivity index (χ1v) is 8.16. The Balaban J connectivity index is 2.84. The van der Waals surface area contributed by atoms with Crippen molar-refractivity contribution in [3.8, 4) is 0 Å². The molecule has 0 aromatic carbocycles. The van der Waals surface area contributed by atoms with Gasteiger partial charge in [-0.1, -0.05) is 39.0 Å². The first-order valence-electron chi connectivity index (χ1n) is 7.34. The van der Waals surface area contributed by atoms with Crippen LogP contribution in [-0.4, -0.2) is 23.0 Å². The first kappa shape index (κ1) is 16.8. The molecule has 0 saturated carbocycles. The third-order valence-corrected chi connectivity index (χ3v) is 4.82. The minimum atomic E-state index is -0.148. The van der Waals surface area contributed by atoms with E-state index in [0.717, 1.165) is 32.2 Å². The van der Waals surface area contributed by atoms with E-state index in [1.165, 1.54) is 11.3 Å². The number of aromatic nitrogens is 1. The maximum atomic E-state index is 12.4. The molecule has 0 aliphatic carbocycles. The van der Waals surface area contributed by atoms with Gasteiger partial charge in [0.2, 0.25) is 0 Å². The zero-order valence-corrected chi connectivity index (χ0v) is 13.7. The second-order valence-corrected chi connectivity index (χ2v) is 5.95. The largest absolute Gasteiger partial charge is 0.382 e. The Labute approximate surface area is 125 Å².